The van der Waals surface area contributed by atoms with Crippen LogP contribution in [-0.4, -0.2) is 49.6 Å². The summed E-state index contributed by atoms with van der Waals surface area (Å²) >= 11 is 0. The van der Waals surface area contributed by atoms with Crippen molar-refractivity contribution in [3.05, 3.63) is 82.9 Å². The van der Waals surface area contributed by atoms with E-state index >= 15 is 0 Å². The van der Waals surface area contributed by atoms with E-state index in [9.17, 15) is 8.42 Å². The van der Waals surface area contributed by atoms with Crippen molar-refractivity contribution in [3.63, 3.8) is 0 Å². The molecule has 170 valence electrons. The molecule has 2 heterocycles. The van der Waals surface area contributed by atoms with E-state index in [4.69, 9.17) is 9.73 Å². The van der Waals surface area contributed by atoms with Gasteiger partial charge in [-0.2, -0.15) is 4.31 Å². The molecular formula is C26H27N3O3S. The van der Waals surface area contributed by atoms with Gasteiger partial charge in [0.1, 0.15) is 17.3 Å². The summed E-state index contributed by atoms with van der Waals surface area (Å²) in [7, 11) is -3.56. The molecule has 0 atom stereocenters. The number of amidine groups is 1. The molecule has 1 saturated heterocycles. The van der Waals surface area contributed by atoms with Crippen molar-refractivity contribution in [1.82, 2.24) is 9.21 Å². The molecule has 0 bridgehead atoms. The van der Waals surface area contributed by atoms with Gasteiger partial charge in [0.15, 0.2) is 5.75 Å². The smallest absolute Gasteiger partial charge is 0.243 e. The standard InChI is InChI=1S/C26H27N3O3S/c1-18-16-20(3)25(17-19(18)2)33(30,31)29-14-12-28(13-15-29)26-21-8-4-6-10-23(21)32-24-11-7-5-9-22(24)27-26/h4-11,16-17H,12-15H2,1-3H3. The van der Waals surface area contributed by atoms with E-state index in [1.165, 1.54) is 0 Å². The van der Waals surface area contributed by atoms with Crippen molar-refractivity contribution in [2.45, 2.75) is 25.7 Å². The van der Waals surface area contributed by atoms with Crippen LogP contribution in [0.25, 0.3) is 0 Å². The predicted octanol–water partition coefficient (Wildman–Crippen LogP) is 4.80. The zero-order valence-corrected chi connectivity index (χ0v) is 19.9. The van der Waals surface area contributed by atoms with Crippen molar-refractivity contribution >= 4 is 21.5 Å². The number of hydrogen-bond acceptors (Lipinski definition) is 5. The number of sulfonamides is 1. The first-order valence-electron chi connectivity index (χ1n) is 11.1. The summed E-state index contributed by atoms with van der Waals surface area (Å²) in [5.74, 6) is 2.28. The average molecular weight is 462 g/mol. The minimum Gasteiger partial charge on any atom is -0.454 e. The highest BCUT2D eigenvalue weighted by Crippen LogP contribution is 2.38. The number of aliphatic imine (C=N–C) groups is 1. The number of ether oxygens (including phenoxy) is 1. The molecule has 3 aromatic rings. The Morgan fingerprint density at radius 3 is 2.18 bits per heavy atom. The molecule has 0 aliphatic carbocycles. The van der Waals surface area contributed by atoms with E-state index < -0.39 is 10.0 Å². The van der Waals surface area contributed by atoms with Crippen LogP contribution in [0.2, 0.25) is 0 Å². The molecule has 0 N–H and O–H groups in total. The number of hydrogen-bond donors (Lipinski definition) is 0. The molecule has 0 amide bonds. The lowest BCUT2D eigenvalue weighted by molar-refractivity contribution is 0.266. The summed E-state index contributed by atoms with van der Waals surface area (Å²) in [6.07, 6.45) is 0. The molecule has 6 nitrogen and oxygen atoms in total. The number of benzene rings is 3. The van der Waals surface area contributed by atoms with Gasteiger partial charge in [0, 0.05) is 26.2 Å². The van der Waals surface area contributed by atoms with Crippen LogP contribution in [0, 0.1) is 20.8 Å². The van der Waals surface area contributed by atoms with Crippen molar-refractivity contribution < 1.29 is 13.2 Å². The Balaban J connectivity index is 1.43. The van der Waals surface area contributed by atoms with E-state index in [0.29, 0.717) is 36.8 Å². The molecular weight excluding hydrogens is 434 g/mol. The molecule has 5 rings (SSSR count). The largest absolute Gasteiger partial charge is 0.454 e. The van der Waals surface area contributed by atoms with Gasteiger partial charge in [0.25, 0.3) is 0 Å². The lowest BCUT2D eigenvalue weighted by Gasteiger charge is -2.36. The maximum Gasteiger partial charge on any atom is 0.243 e. The third-order valence-electron chi connectivity index (χ3n) is 6.39. The maximum atomic E-state index is 13.4. The minimum atomic E-state index is -3.56. The van der Waals surface area contributed by atoms with Gasteiger partial charge in [-0.25, -0.2) is 13.4 Å². The fourth-order valence-corrected chi connectivity index (χ4v) is 6.12. The predicted molar refractivity (Wildman–Crippen MR) is 130 cm³/mol. The second-order valence-electron chi connectivity index (χ2n) is 8.59. The van der Waals surface area contributed by atoms with E-state index in [2.05, 4.69) is 4.90 Å². The Morgan fingerprint density at radius 2 is 1.42 bits per heavy atom. The van der Waals surface area contributed by atoms with Gasteiger partial charge in [-0.05, 0) is 67.8 Å². The van der Waals surface area contributed by atoms with Crippen LogP contribution in [0.5, 0.6) is 11.5 Å². The van der Waals surface area contributed by atoms with E-state index in [1.54, 1.807) is 10.4 Å². The third kappa shape index (κ3) is 3.92. The average Bonchev–Trinajstić information content (AvgIpc) is 2.98. The van der Waals surface area contributed by atoms with Crippen LogP contribution >= 0.6 is 0 Å². The summed E-state index contributed by atoms with van der Waals surface area (Å²) in [5.41, 5.74) is 4.56. The monoisotopic (exact) mass is 461 g/mol. The maximum absolute atomic E-state index is 13.4. The normalized spacial score (nSPS) is 16.3. The van der Waals surface area contributed by atoms with Gasteiger partial charge >= 0.3 is 0 Å². The molecule has 1 fully saturated rings. The number of para-hydroxylation sites is 3. The number of nitrogens with zero attached hydrogens (tertiary/aromatic N) is 3. The van der Waals surface area contributed by atoms with E-state index in [0.717, 1.165) is 39.5 Å². The summed E-state index contributed by atoms with van der Waals surface area (Å²) < 4.78 is 34.6. The Morgan fingerprint density at radius 1 is 0.788 bits per heavy atom. The fraction of sp³-hybridized carbons (Fsp3) is 0.269. The highest BCUT2D eigenvalue weighted by Gasteiger charge is 2.32. The lowest BCUT2D eigenvalue weighted by atomic mass is 10.1. The molecule has 0 spiro atoms. The van der Waals surface area contributed by atoms with E-state index in [-0.39, 0.29) is 0 Å². The number of piperazine rings is 1. The minimum absolute atomic E-state index is 0.401. The molecule has 7 heteroatoms. The fourth-order valence-electron chi connectivity index (χ4n) is 4.40. The molecule has 2 aliphatic heterocycles. The zero-order chi connectivity index (χ0) is 23.2. The third-order valence-corrected chi connectivity index (χ3v) is 8.43. The highest BCUT2D eigenvalue weighted by atomic mass is 32.2. The quantitative estimate of drug-likeness (QED) is 0.550. The topological polar surface area (TPSA) is 62.2 Å². The second-order valence-corrected chi connectivity index (χ2v) is 10.5. The van der Waals surface area contributed by atoms with E-state index in [1.807, 2.05) is 75.4 Å². The molecule has 0 unspecified atom stereocenters. The molecule has 0 radical (unpaired) electrons. The Labute approximate surface area is 195 Å². The molecule has 33 heavy (non-hydrogen) atoms. The van der Waals surface area contributed by atoms with Crippen LogP contribution < -0.4 is 4.74 Å². The van der Waals surface area contributed by atoms with Gasteiger partial charge in [-0.1, -0.05) is 30.3 Å². The van der Waals surface area contributed by atoms with Crippen LogP contribution in [0.1, 0.15) is 22.3 Å². The Kier molecular flexibility index (Phi) is 5.46. The van der Waals surface area contributed by atoms with Gasteiger partial charge in [0.2, 0.25) is 10.0 Å². The second kappa shape index (κ2) is 8.32. The molecule has 0 aromatic heterocycles. The number of fused-ring (bicyclic) bond motifs is 2. The highest BCUT2D eigenvalue weighted by molar-refractivity contribution is 7.89. The summed E-state index contributed by atoms with van der Waals surface area (Å²) in [6, 6.07) is 19.3. The SMILES string of the molecule is Cc1cc(C)c(S(=O)(=O)N2CCN(C3=Nc4ccccc4Oc4ccccc43)CC2)cc1C. The Hall–Kier alpha value is -3.16. The first kappa shape index (κ1) is 21.7. The summed E-state index contributed by atoms with van der Waals surface area (Å²) in [4.78, 5) is 7.49. The van der Waals surface area contributed by atoms with Crippen LogP contribution in [0.3, 0.4) is 0 Å². The van der Waals surface area contributed by atoms with Crippen molar-refractivity contribution in [1.29, 1.82) is 0 Å². The summed E-state index contributed by atoms with van der Waals surface area (Å²) in [5, 5.41) is 0. The van der Waals surface area contributed by atoms with Crippen LogP contribution in [-0.2, 0) is 10.0 Å². The molecule has 2 aliphatic rings. The molecule has 3 aromatic carbocycles. The van der Waals surface area contributed by atoms with Crippen molar-refractivity contribution in [2.75, 3.05) is 26.2 Å². The molecule has 0 saturated carbocycles. The van der Waals surface area contributed by atoms with Crippen molar-refractivity contribution in [3.8, 4) is 11.5 Å². The summed E-state index contributed by atoms with van der Waals surface area (Å²) in [6.45, 7) is 7.73. The zero-order valence-electron chi connectivity index (χ0n) is 19.1. The van der Waals surface area contributed by atoms with Crippen LogP contribution in [0.15, 0.2) is 70.6 Å². The Bertz CT molecular complexity index is 1360. The first-order chi connectivity index (χ1) is 15.8. The lowest BCUT2D eigenvalue weighted by Crippen LogP contribution is -2.50. The van der Waals surface area contributed by atoms with Gasteiger partial charge in [0.05, 0.1) is 10.5 Å². The van der Waals surface area contributed by atoms with Gasteiger partial charge in [-0.15, -0.1) is 0 Å². The van der Waals surface area contributed by atoms with Gasteiger partial charge < -0.3 is 9.64 Å². The number of rotatable bonds is 2. The van der Waals surface area contributed by atoms with Crippen LogP contribution in [0.4, 0.5) is 5.69 Å². The first-order valence-corrected chi connectivity index (χ1v) is 12.6. The van der Waals surface area contributed by atoms with Gasteiger partial charge in [-0.3, -0.25) is 0 Å². The van der Waals surface area contributed by atoms with Crippen molar-refractivity contribution in [2.24, 2.45) is 4.99 Å². The number of aryl methyl sites for hydroxylation is 3.